The number of nitrogens with zero attached hydrogens (tertiary/aromatic N) is 1. The lowest BCUT2D eigenvalue weighted by molar-refractivity contribution is 0.386. The van der Waals surface area contributed by atoms with Gasteiger partial charge in [0.05, 0.1) is 10.6 Å². The van der Waals surface area contributed by atoms with E-state index in [1.54, 1.807) is 12.1 Å². The molecule has 21 heavy (non-hydrogen) atoms. The van der Waals surface area contributed by atoms with Crippen molar-refractivity contribution in [3.63, 3.8) is 0 Å². The maximum atomic E-state index is 12.1. The van der Waals surface area contributed by atoms with E-state index in [-0.39, 0.29) is 23.7 Å². The molecule has 1 fully saturated rings. The average molecular weight is 332 g/mol. The lowest BCUT2D eigenvalue weighted by Crippen LogP contribution is -2.42. The molecule has 1 heterocycles. The summed E-state index contributed by atoms with van der Waals surface area (Å²) in [6.07, 6.45) is 1.50. The van der Waals surface area contributed by atoms with Crippen molar-refractivity contribution in [2.45, 2.75) is 24.7 Å². The van der Waals surface area contributed by atoms with E-state index in [4.69, 9.17) is 0 Å². The van der Waals surface area contributed by atoms with Gasteiger partial charge in [0.15, 0.2) is 0 Å². The summed E-state index contributed by atoms with van der Waals surface area (Å²) in [4.78, 5) is 0.189. The van der Waals surface area contributed by atoms with Crippen LogP contribution >= 0.6 is 0 Å². The highest BCUT2D eigenvalue weighted by Crippen LogP contribution is 2.13. The summed E-state index contributed by atoms with van der Waals surface area (Å²) in [6.45, 7) is 2.60. The highest BCUT2D eigenvalue weighted by atomic mass is 32.2. The predicted molar refractivity (Wildman–Crippen MR) is 81.0 cm³/mol. The van der Waals surface area contributed by atoms with Crippen LogP contribution < -0.4 is 4.72 Å². The Labute approximate surface area is 126 Å². The molecule has 0 amide bonds. The first-order chi connectivity index (χ1) is 9.81. The van der Waals surface area contributed by atoms with Crippen molar-refractivity contribution in [2.75, 3.05) is 25.4 Å². The SMILES string of the molecule is Cc1ccc(S(=O)(=O)NCCN2CCCCS2(=O)=O)cc1. The summed E-state index contributed by atoms with van der Waals surface area (Å²) in [5.74, 6) is 0.151. The summed E-state index contributed by atoms with van der Waals surface area (Å²) in [6, 6.07) is 6.53. The molecular weight excluding hydrogens is 312 g/mol. The third-order valence-corrected chi connectivity index (χ3v) is 6.87. The van der Waals surface area contributed by atoms with Crippen molar-refractivity contribution in [2.24, 2.45) is 0 Å². The molecular formula is C13H20N2O4S2. The number of sulfonamides is 2. The molecule has 0 aromatic heterocycles. The maximum Gasteiger partial charge on any atom is 0.240 e. The van der Waals surface area contributed by atoms with Gasteiger partial charge in [0.2, 0.25) is 20.0 Å². The Kier molecular flexibility index (Phi) is 5.03. The van der Waals surface area contributed by atoms with E-state index in [0.29, 0.717) is 13.0 Å². The van der Waals surface area contributed by atoms with E-state index < -0.39 is 20.0 Å². The maximum absolute atomic E-state index is 12.1. The summed E-state index contributed by atoms with van der Waals surface area (Å²) >= 11 is 0. The van der Waals surface area contributed by atoms with Crippen molar-refractivity contribution in [1.82, 2.24) is 9.03 Å². The second-order valence-corrected chi connectivity index (χ2v) is 8.99. The van der Waals surface area contributed by atoms with E-state index in [0.717, 1.165) is 12.0 Å². The lowest BCUT2D eigenvalue weighted by atomic mass is 10.2. The van der Waals surface area contributed by atoms with Gasteiger partial charge in [0, 0.05) is 19.6 Å². The van der Waals surface area contributed by atoms with Crippen LogP contribution in [-0.2, 0) is 20.0 Å². The molecule has 118 valence electrons. The number of aryl methyl sites for hydroxylation is 1. The highest BCUT2D eigenvalue weighted by Gasteiger charge is 2.25. The van der Waals surface area contributed by atoms with Gasteiger partial charge < -0.3 is 0 Å². The van der Waals surface area contributed by atoms with Gasteiger partial charge in [0.25, 0.3) is 0 Å². The Morgan fingerprint density at radius 2 is 1.86 bits per heavy atom. The number of hydrogen-bond acceptors (Lipinski definition) is 4. The number of benzene rings is 1. The molecule has 8 heteroatoms. The molecule has 1 aliphatic rings. The quantitative estimate of drug-likeness (QED) is 0.860. The van der Waals surface area contributed by atoms with Crippen LogP contribution in [-0.4, -0.2) is 46.5 Å². The smallest absolute Gasteiger partial charge is 0.212 e. The topological polar surface area (TPSA) is 83.6 Å². The first-order valence-corrected chi connectivity index (χ1v) is 9.95. The van der Waals surface area contributed by atoms with Crippen LogP contribution in [0.5, 0.6) is 0 Å². The van der Waals surface area contributed by atoms with Crippen LogP contribution in [0.1, 0.15) is 18.4 Å². The Hall–Kier alpha value is -0.960. The monoisotopic (exact) mass is 332 g/mol. The van der Waals surface area contributed by atoms with E-state index in [1.807, 2.05) is 6.92 Å². The second-order valence-electron chi connectivity index (χ2n) is 5.13. The zero-order chi connectivity index (χ0) is 15.5. The zero-order valence-corrected chi connectivity index (χ0v) is 13.6. The van der Waals surface area contributed by atoms with E-state index >= 15 is 0 Å². The molecule has 1 aromatic carbocycles. The zero-order valence-electron chi connectivity index (χ0n) is 11.9. The first-order valence-electron chi connectivity index (χ1n) is 6.85. The molecule has 1 aliphatic heterocycles. The van der Waals surface area contributed by atoms with Crippen LogP contribution in [0.3, 0.4) is 0 Å². The summed E-state index contributed by atoms with van der Waals surface area (Å²) in [5, 5.41) is 0. The molecule has 1 N–H and O–H groups in total. The molecule has 0 spiro atoms. The van der Waals surface area contributed by atoms with Crippen LogP contribution in [0, 0.1) is 6.92 Å². The third-order valence-electron chi connectivity index (χ3n) is 3.44. The molecule has 0 unspecified atom stereocenters. The van der Waals surface area contributed by atoms with Crippen molar-refractivity contribution >= 4 is 20.0 Å². The third kappa shape index (κ3) is 4.26. The lowest BCUT2D eigenvalue weighted by Gasteiger charge is -2.26. The normalized spacial score (nSPS) is 19.5. The van der Waals surface area contributed by atoms with Crippen molar-refractivity contribution < 1.29 is 16.8 Å². The van der Waals surface area contributed by atoms with Gasteiger partial charge in [-0.05, 0) is 31.9 Å². The van der Waals surface area contributed by atoms with E-state index in [2.05, 4.69) is 4.72 Å². The summed E-state index contributed by atoms with van der Waals surface area (Å²) < 4.78 is 51.5. The highest BCUT2D eigenvalue weighted by molar-refractivity contribution is 7.89. The molecule has 2 rings (SSSR count). The minimum Gasteiger partial charge on any atom is -0.212 e. The Morgan fingerprint density at radius 1 is 1.19 bits per heavy atom. The fourth-order valence-electron chi connectivity index (χ4n) is 2.20. The van der Waals surface area contributed by atoms with Crippen molar-refractivity contribution in [3.05, 3.63) is 29.8 Å². The van der Waals surface area contributed by atoms with Gasteiger partial charge in [0.1, 0.15) is 0 Å². The molecule has 0 atom stereocenters. The molecule has 0 bridgehead atoms. The number of hydrogen-bond donors (Lipinski definition) is 1. The molecule has 0 radical (unpaired) electrons. The Morgan fingerprint density at radius 3 is 2.48 bits per heavy atom. The van der Waals surface area contributed by atoms with Crippen LogP contribution in [0.15, 0.2) is 29.2 Å². The van der Waals surface area contributed by atoms with Gasteiger partial charge in [-0.25, -0.2) is 25.9 Å². The summed E-state index contributed by atoms with van der Waals surface area (Å²) in [5.41, 5.74) is 0.980. The van der Waals surface area contributed by atoms with E-state index in [1.165, 1.54) is 16.4 Å². The van der Waals surface area contributed by atoms with Crippen molar-refractivity contribution in [1.29, 1.82) is 0 Å². The minimum atomic E-state index is -3.59. The number of nitrogens with one attached hydrogen (secondary N) is 1. The Bertz CT molecular complexity index is 681. The molecule has 0 saturated carbocycles. The predicted octanol–water partition coefficient (Wildman–Crippen LogP) is 0.699. The van der Waals surface area contributed by atoms with Crippen LogP contribution in [0.4, 0.5) is 0 Å². The Balaban J connectivity index is 1.95. The summed E-state index contributed by atoms with van der Waals surface area (Å²) in [7, 11) is -6.80. The largest absolute Gasteiger partial charge is 0.240 e. The number of rotatable bonds is 5. The minimum absolute atomic E-state index is 0.0788. The van der Waals surface area contributed by atoms with Gasteiger partial charge in [-0.1, -0.05) is 17.7 Å². The second kappa shape index (κ2) is 6.43. The van der Waals surface area contributed by atoms with Gasteiger partial charge in [-0.3, -0.25) is 0 Å². The molecule has 6 nitrogen and oxygen atoms in total. The van der Waals surface area contributed by atoms with Gasteiger partial charge in [-0.2, -0.15) is 0 Å². The molecule has 1 saturated heterocycles. The van der Waals surface area contributed by atoms with Gasteiger partial charge in [-0.15, -0.1) is 0 Å². The van der Waals surface area contributed by atoms with Crippen LogP contribution in [0.2, 0.25) is 0 Å². The van der Waals surface area contributed by atoms with Crippen molar-refractivity contribution in [3.8, 4) is 0 Å². The standard InChI is InChI=1S/C13H20N2O4S2/c1-12-4-6-13(7-5-12)21(18,19)14-8-10-15-9-2-3-11-20(15,16)17/h4-7,14H,2-3,8-11H2,1H3. The fourth-order valence-corrected chi connectivity index (χ4v) is 4.82. The molecule has 0 aliphatic carbocycles. The fraction of sp³-hybridized carbons (Fsp3) is 0.538. The van der Waals surface area contributed by atoms with Crippen LogP contribution in [0.25, 0.3) is 0 Å². The average Bonchev–Trinajstić information content (AvgIpc) is 2.41. The first kappa shape index (κ1) is 16.4. The van der Waals surface area contributed by atoms with E-state index in [9.17, 15) is 16.8 Å². The van der Waals surface area contributed by atoms with Gasteiger partial charge >= 0.3 is 0 Å². The molecule has 1 aromatic rings.